The number of nitrogens with zero attached hydrogens (tertiary/aromatic N) is 1. The van der Waals surface area contributed by atoms with Crippen molar-refractivity contribution < 1.29 is 0 Å². The molecule has 2 nitrogen and oxygen atoms in total. The summed E-state index contributed by atoms with van der Waals surface area (Å²) < 4.78 is 0. The van der Waals surface area contributed by atoms with Crippen molar-refractivity contribution in [2.45, 2.75) is 40.3 Å². The lowest BCUT2D eigenvalue weighted by atomic mass is 9.42. The summed E-state index contributed by atoms with van der Waals surface area (Å²) >= 11 is 0. The van der Waals surface area contributed by atoms with Crippen LogP contribution in [0, 0.1) is 10.8 Å². The number of hydrogen-bond donors (Lipinski definition) is 1. The first-order valence-corrected chi connectivity index (χ1v) is 6.49. The zero-order chi connectivity index (χ0) is 12.7. The van der Waals surface area contributed by atoms with Gasteiger partial charge in [0.25, 0.3) is 0 Å². The molecule has 2 rings (SSSR count). The maximum Gasteiger partial charge on any atom is 0.179 e. The maximum atomic E-state index is 4.43. The minimum atomic E-state index is 0.416. The zero-order valence-corrected chi connectivity index (χ0v) is 11.7. The molecule has 1 saturated heterocycles. The molecule has 3 heteroatoms. The Labute approximate surface area is 105 Å². The normalized spacial score (nSPS) is 21.6. The highest BCUT2D eigenvalue weighted by Gasteiger charge is 2.48. The second-order valence-electron chi connectivity index (χ2n) is 6.60. The molecule has 1 N–H and O–H groups in total. The third kappa shape index (κ3) is 2.20. The molecule has 92 valence electrons. The average molecular weight is 230 g/mol. The number of rotatable bonds is 2. The van der Waals surface area contributed by atoms with Gasteiger partial charge in [-0.2, -0.15) is 0 Å². The van der Waals surface area contributed by atoms with E-state index >= 15 is 0 Å². The number of pyridine rings is 1. The molecule has 0 unspecified atom stereocenters. The van der Waals surface area contributed by atoms with Crippen molar-refractivity contribution in [3.05, 3.63) is 18.3 Å². The molecule has 1 aromatic rings. The Balaban J connectivity index is 2.20. The van der Waals surface area contributed by atoms with Crippen LogP contribution in [0.4, 0.5) is 5.82 Å². The fourth-order valence-corrected chi connectivity index (χ4v) is 2.89. The molecule has 0 aromatic carbocycles. The van der Waals surface area contributed by atoms with E-state index in [9.17, 15) is 0 Å². The topological polar surface area (TPSA) is 24.9 Å². The van der Waals surface area contributed by atoms with Crippen LogP contribution in [0.15, 0.2) is 18.3 Å². The van der Waals surface area contributed by atoms with E-state index in [2.05, 4.69) is 50.1 Å². The Hall–Kier alpha value is -0.985. The molecular weight excluding hydrogens is 207 g/mol. The van der Waals surface area contributed by atoms with Gasteiger partial charge in [0, 0.05) is 13.2 Å². The standard InChI is InChI=1S/C14H23BN2/c1-13(2)9-15(10-14(13,3)4)11-6-7-12(16-5)17-8-11/h6-8H,9-10H2,1-5H3,(H,16,17). The SMILES string of the molecule is CNc1ccc(B2CC(C)(C)C(C)(C)C2)cn1. The van der Waals surface area contributed by atoms with Crippen molar-refractivity contribution in [2.24, 2.45) is 10.8 Å². The molecule has 2 heterocycles. The maximum absolute atomic E-state index is 4.43. The summed E-state index contributed by atoms with van der Waals surface area (Å²) in [6.07, 6.45) is 4.56. The van der Waals surface area contributed by atoms with E-state index < -0.39 is 0 Å². The number of nitrogens with one attached hydrogen (secondary N) is 1. The smallest absolute Gasteiger partial charge is 0.179 e. The first-order valence-electron chi connectivity index (χ1n) is 6.49. The summed E-state index contributed by atoms with van der Waals surface area (Å²) in [6.45, 7) is 10.2. The Morgan fingerprint density at radius 3 is 2.12 bits per heavy atom. The van der Waals surface area contributed by atoms with Gasteiger partial charge < -0.3 is 5.32 Å². The summed E-state index contributed by atoms with van der Waals surface area (Å²) in [4.78, 5) is 4.43. The lowest BCUT2D eigenvalue weighted by Crippen LogP contribution is -2.28. The van der Waals surface area contributed by atoms with Gasteiger partial charge in [0.15, 0.2) is 6.71 Å². The summed E-state index contributed by atoms with van der Waals surface area (Å²) in [6, 6.07) is 4.30. The summed E-state index contributed by atoms with van der Waals surface area (Å²) in [5.41, 5.74) is 2.22. The van der Waals surface area contributed by atoms with Crippen LogP contribution in [-0.4, -0.2) is 18.7 Å². The second kappa shape index (κ2) is 4.04. The van der Waals surface area contributed by atoms with Crippen LogP contribution in [0.5, 0.6) is 0 Å². The van der Waals surface area contributed by atoms with Gasteiger partial charge in [-0.1, -0.05) is 51.9 Å². The Morgan fingerprint density at radius 2 is 1.71 bits per heavy atom. The van der Waals surface area contributed by atoms with Gasteiger partial charge >= 0.3 is 0 Å². The monoisotopic (exact) mass is 230 g/mol. The van der Waals surface area contributed by atoms with Crippen LogP contribution < -0.4 is 10.8 Å². The third-order valence-corrected chi connectivity index (χ3v) is 4.86. The third-order valence-electron chi connectivity index (χ3n) is 4.86. The number of aromatic nitrogens is 1. The first-order chi connectivity index (χ1) is 7.86. The molecule has 0 bridgehead atoms. The highest BCUT2D eigenvalue weighted by atomic mass is 14.9. The zero-order valence-electron chi connectivity index (χ0n) is 11.7. The van der Waals surface area contributed by atoms with E-state index in [1.807, 2.05) is 13.2 Å². The lowest BCUT2D eigenvalue weighted by Gasteiger charge is -2.35. The van der Waals surface area contributed by atoms with Crippen LogP contribution in [0.25, 0.3) is 0 Å². The Kier molecular flexibility index (Phi) is 2.96. The van der Waals surface area contributed by atoms with Crippen molar-refractivity contribution in [3.63, 3.8) is 0 Å². The molecule has 1 aromatic heterocycles. The minimum Gasteiger partial charge on any atom is -0.373 e. The van der Waals surface area contributed by atoms with Gasteiger partial charge in [0.2, 0.25) is 0 Å². The van der Waals surface area contributed by atoms with Gasteiger partial charge in [-0.3, -0.25) is 0 Å². The Morgan fingerprint density at radius 1 is 1.12 bits per heavy atom. The van der Waals surface area contributed by atoms with Gasteiger partial charge in [-0.25, -0.2) is 4.98 Å². The lowest BCUT2D eigenvalue weighted by molar-refractivity contribution is 0.177. The van der Waals surface area contributed by atoms with Crippen LogP contribution >= 0.6 is 0 Å². The minimum absolute atomic E-state index is 0.416. The largest absolute Gasteiger partial charge is 0.373 e. The molecule has 17 heavy (non-hydrogen) atoms. The molecule has 0 saturated carbocycles. The molecular formula is C14H23BN2. The number of hydrogen-bond acceptors (Lipinski definition) is 2. The van der Waals surface area contributed by atoms with Crippen LogP contribution in [0.3, 0.4) is 0 Å². The highest BCUT2D eigenvalue weighted by molar-refractivity contribution is 6.74. The van der Waals surface area contributed by atoms with Crippen molar-refractivity contribution in [1.29, 1.82) is 0 Å². The van der Waals surface area contributed by atoms with Gasteiger partial charge in [0.1, 0.15) is 5.82 Å². The summed E-state index contributed by atoms with van der Waals surface area (Å²) in [7, 11) is 1.91. The molecule has 0 spiro atoms. The van der Waals surface area contributed by atoms with E-state index in [0.29, 0.717) is 17.5 Å². The fraction of sp³-hybridized carbons (Fsp3) is 0.643. The highest BCUT2D eigenvalue weighted by Crippen LogP contribution is 2.52. The molecule has 0 amide bonds. The van der Waals surface area contributed by atoms with E-state index in [1.54, 1.807) is 0 Å². The van der Waals surface area contributed by atoms with E-state index in [4.69, 9.17) is 0 Å². The average Bonchev–Trinajstić information content (AvgIpc) is 2.48. The Bertz CT molecular complexity index is 379. The van der Waals surface area contributed by atoms with Crippen molar-refractivity contribution in [1.82, 2.24) is 4.98 Å². The van der Waals surface area contributed by atoms with Gasteiger partial charge in [-0.15, -0.1) is 0 Å². The molecule has 1 aliphatic rings. The van der Waals surface area contributed by atoms with Crippen molar-refractivity contribution in [3.8, 4) is 0 Å². The van der Waals surface area contributed by atoms with Gasteiger partial charge in [0.05, 0.1) is 0 Å². The summed E-state index contributed by atoms with van der Waals surface area (Å²) in [5, 5.41) is 3.07. The first kappa shape index (κ1) is 12.5. The molecule has 0 aliphatic carbocycles. The predicted molar refractivity (Wildman–Crippen MR) is 76.3 cm³/mol. The van der Waals surface area contributed by atoms with E-state index in [-0.39, 0.29) is 0 Å². The molecule has 1 aliphatic heterocycles. The molecule has 0 atom stereocenters. The predicted octanol–water partition coefficient (Wildman–Crippen LogP) is 2.89. The summed E-state index contributed by atoms with van der Waals surface area (Å²) in [5.74, 6) is 0.949. The molecule has 0 radical (unpaired) electrons. The second-order valence-corrected chi connectivity index (χ2v) is 6.60. The van der Waals surface area contributed by atoms with Crippen molar-refractivity contribution >= 4 is 18.0 Å². The number of anilines is 1. The van der Waals surface area contributed by atoms with Crippen LogP contribution in [-0.2, 0) is 0 Å². The molecule has 1 fully saturated rings. The van der Waals surface area contributed by atoms with Crippen LogP contribution in [0.1, 0.15) is 27.7 Å². The quantitative estimate of drug-likeness (QED) is 0.790. The fourth-order valence-electron chi connectivity index (χ4n) is 2.89. The van der Waals surface area contributed by atoms with Gasteiger partial charge in [-0.05, 0) is 16.9 Å². The van der Waals surface area contributed by atoms with Crippen molar-refractivity contribution in [2.75, 3.05) is 12.4 Å². The van der Waals surface area contributed by atoms with Crippen LogP contribution in [0.2, 0.25) is 12.6 Å². The van der Waals surface area contributed by atoms with E-state index in [1.165, 1.54) is 18.1 Å². The van der Waals surface area contributed by atoms with E-state index in [0.717, 1.165) is 5.82 Å².